The Morgan fingerprint density at radius 2 is 1.86 bits per heavy atom. The highest BCUT2D eigenvalue weighted by atomic mass is 15.2. The summed E-state index contributed by atoms with van der Waals surface area (Å²) in [6, 6.07) is 11.0. The van der Waals surface area contributed by atoms with E-state index in [9.17, 15) is 0 Å². The molecule has 3 nitrogen and oxygen atoms in total. The minimum Gasteiger partial charge on any atom is -0.323 e. The van der Waals surface area contributed by atoms with Crippen LogP contribution in [0.4, 0.5) is 0 Å². The number of piperidine rings is 1. The Morgan fingerprint density at radius 1 is 1.24 bits per heavy atom. The van der Waals surface area contributed by atoms with Gasteiger partial charge in [0.2, 0.25) is 0 Å². The number of likely N-dealkylation sites (N-methyl/N-ethyl adjacent to an activating group) is 1. The first-order valence-electron chi connectivity index (χ1n) is 8.31. The molecule has 0 saturated carbocycles. The summed E-state index contributed by atoms with van der Waals surface area (Å²) < 4.78 is 0. The molecule has 1 fully saturated rings. The van der Waals surface area contributed by atoms with Gasteiger partial charge in [-0.15, -0.1) is 0 Å². The molecule has 0 bridgehead atoms. The van der Waals surface area contributed by atoms with Crippen LogP contribution in [0.3, 0.4) is 0 Å². The lowest BCUT2D eigenvalue weighted by molar-refractivity contribution is 0.135. The fraction of sp³-hybridized carbons (Fsp3) is 0.667. The van der Waals surface area contributed by atoms with Gasteiger partial charge in [-0.3, -0.25) is 0 Å². The molecular formula is C18H31N3. The van der Waals surface area contributed by atoms with Crippen LogP contribution in [0.5, 0.6) is 0 Å². The largest absolute Gasteiger partial charge is 0.323 e. The summed E-state index contributed by atoms with van der Waals surface area (Å²) in [4.78, 5) is 4.93. The molecule has 0 radical (unpaired) electrons. The van der Waals surface area contributed by atoms with Gasteiger partial charge in [-0.1, -0.05) is 37.3 Å². The van der Waals surface area contributed by atoms with Crippen LogP contribution >= 0.6 is 0 Å². The Morgan fingerprint density at radius 3 is 2.43 bits per heavy atom. The number of likely N-dealkylation sites (tertiary alicyclic amines) is 1. The number of rotatable bonds is 6. The second kappa shape index (κ2) is 7.92. The Kier molecular flexibility index (Phi) is 6.22. The molecule has 1 saturated heterocycles. The van der Waals surface area contributed by atoms with E-state index in [1.807, 2.05) is 0 Å². The molecule has 21 heavy (non-hydrogen) atoms. The van der Waals surface area contributed by atoms with Crippen molar-refractivity contribution in [2.45, 2.75) is 38.3 Å². The van der Waals surface area contributed by atoms with Crippen LogP contribution in [0.1, 0.15) is 37.8 Å². The highest BCUT2D eigenvalue weighted by molar-refractivity contribution is 5.20. The zero-order valence-corrected chi connectivity index (χ0v) is 13.8. The van der Waals surface area contributed by atoms with Crippen molar-refractivity contribution in [2.75, 3.05) is 33.7 Å². The van der Waals surface area contributed by atoms with E-state index in [0.29, 0.717) is 6.04 Å². The third-order valence-corrected chi connectivity index (χ3v) is 4.97. The van der Waals surface area contributed by atoms with Gasteiger partial charge in [-0.25, -0.2) is 0 Å². The van der Waals surface area contributed by atoms with Gasteiger partial charge in [0.05, 0.1) is 0 Å². The lowest BCUT2D eigenvalue weighted by atomic mass is 9.93. The van der Waals surface area contributed by atoms with Crippen molar-refractivity contribution in [1.29, 1.82) is 0 Å². The van der Waals surface area contributed by atoms with Crippen LogP contribution in [-0.2, 0) is 0 Å². The van der Waals surface area contributed by atoms with E-state index in [1.54, 1.807) is 0 Å². The van der Waals surface area contributed by atoms with Crippen molar-refractivity contribution in [3.05, 3.63) is 35.9 Å². The maximum atomic E-state index is 6.53. The Bertz CT molecular complexity index is 398. The van der Waals surface area contributed by atoms with E-state index >= 15 is 0 Å². The van der Waals surface area contributed by atoms with Gasteiger partial charge in [0, 0.05) is 18.6 Å². The van der Waals surface area contributed by atoms with Crippen LogP contribution in [-0.4, -0.2) is 49.6 Å². The molecule has 118 valence electrons. The first-order valence-corrected chi connectivity index (χ1v) is 8.31. The molecule has 2 rings (SSSR count). The smallest absolute Gasteiger partial charge is 0.0452 e. The lowest BCUT2D eigenvalue weighted by Crippen LogP contribution is -2.44. The summed E-state index contributed by atoms with van der Waals surface area (Å²) >= 11 is 0. The minimum atomic E-state index is 0.104. The maximum Gasteiger partial charge on any atom is 0.0452 e. The topological polar surface area (TPSA) is 32.5 Å². The molecule has 0 aliphatic carbocycles. The second-order valence-corrected chi connectivity index (χ2v) is 6.60. The number of benzene rings is 1. The van der Waals surface area contributed by atoms with Crippen LogP contribution < -0.4 is 5.73 Å². The molecule has 1 aliphatic rings. The van der Waals surface area contributed by atoms with E-state index in [2.05, 4.69) is 61.2 Å². The maximum absolute atomic E-state index is 6.53. The van der Waals surface area contributed by atoms with Gasteiger partial charge in [0.25, 0.3) is 0 Å². The molecule has 0 spiro atoms. The van der Waals surface area contributed by atoms with E-state index in [4.69, 9.17) is 5.73 Å². The molecule has 0 aromatic heterocycles. The fourth-order valence-corrected chi connectivity index (χ4v) is 3.52. The molecule has 1 aromatic carbocycles. The van der Waals surface area contributed by atoms with E-state index in [1.165, 1.54) is 38.0 Å². The van der Waals surface area contributed by atoms with Crippen molar-refractivity contribution in [3.63, 3.8) is 0 Å². The molecule has 2 unspecified atom stereocenters. The molecule has 2 atom stereocenters. The van der Waals surface area contributed by atoms with Gasteiger partial charge in [-0.05, 0) is 57.9 Å². The van der Waals surface area contributed by atoms with Crippen molar-refractivity contribution >= 4 is 0 Å². The Labute approximate surface area is 130 Å². The van der Waals surface area contributed by atoms with Crippen molar-refractivity contribution in [3.8, 4) is 0 Å². The summed E-state index contributed by atoms with van der Waals surface area (Å²) in [5.74, 6) is 0.822. The SMILES string of the molecule is CCC(C(N)c1ccccc1)N(C)CC1CCN(C)CC1. The van der Waals surface area contributed by atoms with Crippen LogP contribution in [0.15, 0.2) is 30.3 Å². The number of nitrogens with zero attached hydrogens (tertiary/aromatic N) is 2. The highest BCUT2D eigenvalue weighted by Gasteiger charge is 2.25. The van der Waals surface area contributed by atoms with Gasteiger partial charge in [-0.2, -0.15) is 0 Å². The normalized spacial score (nSPS) is 20.6. The summed E-state index contributed by atoms with van der Waals surface area (Å²) in [5, 5.41) is 0. The van der Waals surface area contributed by atoms with Crippen LogP contribution in [0, 0.1) is 5.92 Å². The predicted octanol–water partition coefficient (Wildman–Crippen LogP) is 2.74. The summed E-state index contributed by atoms with van der Waals surface area (Å²) in [7, 11) is 4.47. The average molecular weight is 289 g/mol. The zero-order valence-electron chi connectivity index (χ0n) is 13.8. The predicted molar refractivity (Wildman–Crippen MR) is 90.3 cm³/mol. The molecule has 1 heterocycles. The summed E-state index contributed by atoms with van der Waals surface area (Å²) in [6.45, 7) is 5.89. The number of hydrogen-bond acceptors (Lipinski definition) is 3. The molecule has 2 N–H and O–H groups in total. The fourth-order valence-electron chi connectivity index (χ4n) is 3.52. The minimum absolute atomic E-state index is 0.104. The van der Waals surface area contributed by atoms with Crippen molar-refractivity contribution < 1.29 is 0 Å². The van der Waals surface area contributed by atoms with E-state index in [0.717, 1.165) is 12.3 Å². The van der Waals surface area contributed by atoms with Gasteiger partial charge in [0.1, 0.15) is 0 Å². The Hall–Kier alpha value is -0.900. The quantitative estimate of drug-likeness (QED) is 0.874. The molecule has 1 aromatic rings. The molecule has 3 heteroatoms. The van der Waals surface area contributed by atoms with E-state index in [-0.39, 0.29) is 6.04 Å². The Balaban J connectivity index is 1.93. The molecule has 1 aliphatic heterocycles. The van der Waals surface area contributed by atoms with Crippen LogP contribution in [0.25, 0.3) is 0 Å². The summed E-state index contributed by atoms with van der Waals surface area (Å²) in [6.07, 6.45) is 3.73. The number of hydrogen-bond donors (Lipinski definition) is 1. The van der Waals surface area contributed by atoms with Gasteiger partial charge < -0.3 is 15.5 Å². The highest BCUT2D eigenvalue weighted by Crippen LogP contribution is 2.23. The first kappa shape index (κ1) is 16.5. The molecule has 0 amide bonds. The third-order valence-electron chi connectivity index (χ3n) is 4.97. The first-order chi connectivity index (χ1) is 10.1. The van der Waals surface area contributed by atoms with Crippen LogP contribution in [0.2, 0.25) is 0 Å². The summed E-state index contributed by atoms with van der Waals surface area (Å²) in [5.41, 5.74) is 7.78. The van der Waals surface area contributed by atoms with Crippen molar-refractivity contribution in [1.82, 2.24) is 9.80 Å². The average Bonchev–Trinajstić information content (AvgIpc) is 2.51. The third kappa shape index (κ3) is 4.53. The standard InChI is InChI=1S/C18H31N3/c1-4-17(18(19)16-8-6-5-7-9-16)21(3)14-15-10-12-20(2)13-11-15/h5-9,15,17-18H,4,10-14,19H2,1-3H3. The number of nitrogens with two attached hydrogens (primary N) is 1. The van der Waals surface area contributed by atoms with Crippen molar-refractivity contribution in [2.24, 2.45) is 11.7 Å². The van der Waals surface area contributed by atoms with Gasteiger partial charge >= 0.3 is 0 Å². The lowest BCUT2D eigenvalue weighted by Gasteiger charge is -2.37. The zero-order chi connectivity index (χ0) is 15.2. The monoisotopic (exact) mass is 289 g/mol. The van der Waals surface area contributed by atoms with E-state index < -0.39 is 0 Å². The molecular weight excluding hydrogens is 258 g/mol. The van der Waals surface area contributed by atoms with Gasteiger partial charge in [0.15, 0.2) is 0 Å². The second-order valence-electron chi connectivity index (χ2n) is 6.60.